The zero-order chi connectivity index (χ0) is 24.5. The van der Waals surface area contributed by atoms with E-state index in [-0.39, 0.29) is 25.3 Å². The number of aromatic nitrogens is 2. The van der Waals surface area contributed by atoms with Crippen LogP contribution in [0.1, 0.15) is 21.1 Å². The van der Waals surface area contributed by atoms with E-state index in [1.165, 1.54) is 6.08 Å². The summed E-state index contributed by atoms with van der Waals surface area (Å²) in [6.07, 6.45) is 0.722. The number of carbonyl (C=O) groups excluding carboxylic acids is 1. The van der Waals surface area contributed by atoms with Crippen molar-refractivity contribution in [2.75, 3.05) is 40.0 Å². The normalized spacial score (nSPS) is 12.1. The molecule has 2 heterocycles. The number of aromatic amines is 1. The number of rotatable bonds is 13. The second kappa shape index (κ2) is 12.4. The van der Waals surface area contributed by atoms with E-state index >= 15 is 0 Å². The Morgan fingerprint density at radius 3 is 2.82 bits per heavy atom. The molecule has 0 fully saturated rings. The number of thiophene rings is 1. The second-order valence-electron chi connectivity index (χ2n) is 7.64. The predicted molar refractivity (Wildman–Crippen MR) is 131 cm³/mol. The number of hydrogen-bond acceptors (Lipinski definition) is 9. The van der Waals surface area contributed by atoms with Crippen molar-refractivity contribution < 1.29 is 24.1 Å². The maximum atomic E-state index is 12.8. The van der Waals surface area contributed by atoms with Gasteiger partial charge in [-0.2, -0.15) is 0 Å². The fourth-order valence-electron chi connectivity index (χ4n) is 3.39. The average molecular weight is 488 g/mol. The highest BCUT2D eigenvalue weighted by atomic mass is 32.1. The Morgan fingerprint density at radius 2 is 2.12 bits per heavy atom. The van der Waals surface area contributed by atoms with Crippen LogP contribution in [0.25, 0.3) is 10.2 Å². The van der Waals surface area contributed by atoms with Crippen LogP contribution in [0.15, 0.2) is 47.8 Å². The highest BCUT2D eigenvalue weighted by Crippen LogP contribution is 2.27. The Hall–Kier alpha value is -3.05. The number of methoxy groups -OCH3 is 1. The Labute approximate surface area is 201 Å². The Kier molecular flexibility index (Phi) is 9.34. The molecule has 9 nitrogen and oxygen atoms in total. The van der Waals surface area contributed by atoms with Gasteiger partial charge in [-0.05, 0) is 24.6 Å². The summed E-state index contributed by atoms with van der Waals surface area (Å²) in [5.41, 5.74) is 0.218. The smallest absolute Gasteiger partial charge is 0.348 e. The molecule has 1 aromatic carbocycles. The molecule has 0 radical (unpaired) electrons. The van der Waals surface area contributed by atoms with Gasteiger partial charge in [0.1, 0.15) is 40.6 Å². The number of esters is 1. The Morgan fingerprint density at radius 1 is 1.35 bits per heavy atom. The first-order valence-corrected chi connectivity index (χ1v) is 11.6. The van der Waals surface area contributed by atoms with Gasteiger partial charge in [0.05, 0.1) is 18.5 Å². The minimum atomic E-state index is -0.761. The van der Waals surface area contributed by atoms with E-state index in [0.717, 1.165) is 11.3 Å². The molecule has 0 spiro atoms. The molecular weight excluding hydrogens is 458 g/mol. The van der Waals surface area contributed by atoms with Crippen molar-refractivity contribution >= 4 is 27.5 Å². The van der Waals surface area contributed by atoms with Crippen LogP contribution >= 0.6 is 11.3 Å². The molecule has 10 heteroatoms. The summed E-state index contributed by atoms with van der Waals surface area (Å²) in [6, 6.07) is 9.26. The number of nitrogens with zero attached hydrogens (tertiary/aromatic N) is 2. The van der Waals surface area contributed by atoms with E-state index < -0.39 is 12.1 Å². The van der Waals surface area contributed by atoms with Crippen LogP contribution in [0, 0.1) is 6.92 Å². The summed E-state index contributed by atoms with van der Waals surface area (Å²) < 4.78 is 15.9. The fraction of sp³-hybridized carbons (Fsp3) is 0.375. The van der Waals surface area contributed by atoms with Crippen molar-refractivity contribution in [1.82, 2.24) is 14.9 Å². The Balaban J connectivity index is 1.74. The molecule has 0 aliphatic rings. The second-order valence-corrected chi connectivity index (χ2v) is 8.64. The lowest BCUT2D eigenvalue weighted by atomic mass is 10.2. The zero-order valence-corrected chi connectivity index (χ0v) is 20.1. The van der Waals surface area contributed by atoms with Gasteiger partial charge in [-0.25, -0.2) is 9.78 Å². The van der Waals surface area contributed by atoms with E-state index in [4.69, 9.17) is 14.2 Å². The molecule has 0 bridgehead atoms. The topological polar surface area (TPSA) is 114 Å². The van der Waals surface area contributed by atoms with Crippen LogP contribution < -0.4 is 10.3 Å². The number of aliphatic hydroxyl groups is 1. The van der Waals surface area contributed by atoms with Gasteiger partial charge >= 0.3 is 5.97 Å². The van der Waals surface area contributed by atoms with E-state index in [1.54, 1.807) is 14.0 Å². The third-order valence-corrected chi connectivity index (χ3v) is 6.17. The van der Waals surface area contributed by atoms with E-state index in [0.29, 0.717) is 51.9 Å². The lowest BCUT2D eigenvalue weighted by molar-refractivity contribution is 0.0532. The maximum Gasteiger partial charge on any atom is 0.348 e. The summed E-state index contributed by atoms with van der Waals surface area (Å²) in [4.78, 5) is 35.2. The standard InChI is InChI=1S/C24H29N3O6S/c1-4-11-32-24(30)21-16(2)20-22(29)25-19(26-23(20)34-21)14-27(10-12-31-3)13-17(28)15-33-18-8-6-5-7-9-18/h4-9,17,28H,1,10-15H2,2-3H3,(H,25,26,29). The first-order valence-electron chi connectivity index (χ1n) is 10.8. The molecule has 182 valence electrons. The molecule has 2 N–H and O–H groups in total. The van der Waals surface area contributed by atoms with E-state index in [9.17, 15) is 14.7 Å². The van der Waals surface area contributed by atoms with Crippen LogP contribution in [0.4, 0.5) is 0 Å². The fourth-order valence-corrected chi connectivity index (χ4v) is 4.48. The van der Waals surface area contributed by atoms with Gasteiger partial charge in [-0.1, -0.05) is 30.9 Å². The van der Waals surface area contributed by atoms with Crippen molar-refractivity contribution in [3.8, 4) is 5.75 Å². The molecule has 3 aromatic rings. The lowest BCUT2D eigenvalue weighted by Gasteiger charge is -2.24. The van der Waals surface area contributed by atoms with Gasteiger partial charge in [0.25, 0.3) is 5.56 Å². The quantitative estimate of drug-likeness (QED) is 0.279. The molecule has 1 unspecified atom stereocenters. The van der Waals surface area contributed by atoms with Gasteiger partial charge in [-0.3, -0.25) is 9.69 Å². The van der Waals surface area contributed by atoms with Crippen LogP contribution in [-0.4, -0.2) is 72.1 Å². The number of benzene rings is 1. The zero-order valence-electron chi connectivity index (χ0n) is 19.3. The highest BCUT2D eigenvalue weighted by molar-refractivity contribution is 7.20. The van der Waals surface area contributed by atoms with Crippen molar-refractivity contribution in [2.24, 2.45) is 0 Å². The monoisotopic (exact) mass is 487 g/mol. The summed E-state index contributed by atoms with van der Waals surface area (Å²) in [5.74, 6) is 0.596. The molecule has 0 aliphatic carbocycles. The maximum absolute atomic E-state index is 12.8. The summed E-state index contributed by atoms with van der Waals surface area (Å²) in [6.45, 7) is 6.98. The molecule has 34 heavy (non-hydrogen) atoms. The van der Waals surface area contributed by atoms with E-state index in [2.05, 4.69) is 16.5 Å². The van der Waals surface area contributed by atoms with Crippen molar-refractivity contribution in [1.29, 1.82) is 0 Å². The number of carbonyl (C=O) groups is 1. The lowest BCUT2D eigenvalue weighted by Crippen LogP contribution is -2.38. The minimum absolute atomic E-state index is 0.0896. The molecule has 0 saturated carbocycles. The molecule has 3 rings (SSSR count). The largest absolute Gasteiger partial charge is 0.491 e. The molecule has 0 amide bonds. The van der Waals surface area contributed by atoms with Crippen molar-refractivity contribution in [3.63, 3.8) is 0 Å². The van der Waals surface area contributed by atoms with Crippen molar-refractivity contribution in [2.45, 2.75) is 19.6 Å². The number of aliphatic hydroxyl groups excluding tert-OH is 1. The van der Waals surface area contributed by atoms with Gasteiger partial charge < -0.3 is 24.3 Å². The third kappa shape index (κ3) is 6.73. The van der Waals surface area contributed by atoms with Crippen LogP contribution in [0.3, 0.4) is 0 Å². The number of para-hydroxylation sites is 1. The first kappa shape index (κ1) is 25.6. The third-order valence-electron chi connectivity index (χ3n) is 5.01. The highest BCUT2D eigenvalue weighted by Gasteiger charge is 2.21. The summed E-state index contributed by atoms with van der Waals surface area (Å²) >= 11 is 1.12. The molecule has 1 atom stereocenters. The van der Waals surface area contributed by atoms with Gasteiger partial charge in [0.2, 0.25) is 0 Å². The number of nitrogens with one attached hydrogen (secondary N) is 1. The number of hydrogen-bond donors (Lipinski definition) is 2. The van der Waals surface area contributed by atoms with Gasteiger partial charge in [0, 0.05) is 20.2 Å². The molecule has 2 aromatic heterocycles. The van der Waals surface area contributed by atoms with Crippen LogP contribution in [0.2, 0.25) is 0 Å². The predicted octanol–water partition coefficient (Wildman–Crippen LogP) is 2.52. The van der Waals surface area contributed by atoms with Gasteiger partial charge in [-0.15, -0.1) is 11.3 Å². The Bertz CT molecular complexity index is 1160. The summed E-state index contributed by atoms with van der Waals surface area (Å²) in [7, 11) is 1.60. The van der Waals surface area contributed by atoms with Crippen molar-refractivity contribution in [3.05, 3.63) is 69.6 Å². The van der Waals surface area contributed by atoms with Crippen LogP contribution in [-0.2, 0) is 16.0 Å². The molecule has 0 aliphatic heterocycles. The number of aryl methyl sites for hydroxylation is 1. The van der Waals surface area contributed by atoms with Crippen LogP contribution in [0.5, 0.6) is 5.75 Å². The minimum Gasteiger partial charge on any atom is -0.491 e. The molecular formula is C24H29N3O6S. The first-order chi connectivity index (χ1) is 16.4. The van der Waals surface area contributed by atoms with Gasteiger partial charge in [0.15, 0.2) is 0 Å². The average Bonchev–Trinajstić information content (AvgIpc) is 3.17. The molecule has 0 saturated heterocycles. The number of ether oxygens (including phenoxy) is 3. The number of H-pyrrole nitrogens is 1. The summed E-state index contributed by atoms with van der Waals surface area (Å²) in [5, 5.41) is 10.9. The SMILES string of the molecule is C=CCOC(=O)c1sc2nc(CN(CCOC)CC(O)COc3ccccc3)[nH]c(=O)c2c1C. The van der Waals surface area contributed by atoms with E-state index in [1.807, 2.05) is 35.2 Å². The number of fused-ring (bicyclic) bond motifs is 1.